The Morgan fingerprint density at radius 1 is 1.36 bits per heavy atom. The molecule has 1 aliphatic heterocycles. The highest BCUT2D eigenvalue weighted by molar-refractivity contribution is 9.10. The SMILES string of the molecule is CC(C)(C)c1cc(NC(=O)C2CCN(c3cccc(Br)c3)C2=O)no1. The van der Waals surface area contributed by atoms with Crippen LogP contribution in [0.4, 0.5) is 11.5 Å². The minimum atomic E-state index is -0.714. The molecule has 2 amide bonds. The quantitative estimate of drug-likeness (QED) is 0.789. The third-order valence-corrected chi connectivity index (χ3v) is 4.64. The van der Waals surface area contributed by atoms with Gasteiger partial charge in [-0.15, -0.1) is 0 Å². The smallest absolute Gasteiger partial charge is 0.239 e. The van der Waals surface area contributed by atoms with E-state index in [2.05, 4.69) is 26.4 Å². The average Bonchev–Trinajstić information content (AvgIpc) is 3.13. The molecule has 0 aliphatic carbocycles. The zero-order chi connectivity index (χ0) is 18.2. The molecule has 1 aromatic heterocycles. The largest absolute Gasteiger partial charge is 0.359 e. The Morgan fingerprint density at radius 3 is 2.76 bits per heavy atom. The van der Waals surface area contributed by atoms with Gasteiger partial charge < -0.3 is 14.7 Å². The zero-order valence-corrected chi connectivity index (χ0v) is 16.0. The van der Waals surface area contributed by atoms with Crippen molar-refractivity contribution in [3.8, 4) is 0 Å². The van der Waals surface area contributed by atoms with Crippen LogP contribution in [-0.4, -0.2) is 23.5 Å². The Balaban J connectivity index is 1.69. The van der Waals surface area contributed by atoms with Crippen molar-refractivity contribution in [3.63, 3.8) is 0 Å². The van der Waals surface area contributed by atoms with E-state index in [-0.39, 0.29) is 17.2 Å². The lowest BCUT2D eigenvalue weighted by Crippen LogP contribution is -2.33. The number of rotatable bonds is 3. The number of halogens is 1. The van der Waals surface area contributed by atoms with Gasteiger partial charge in [-0.3, -0.25) is 9.59 Å². The first-order valence-electron chi connectivity index (χ1n) is 8.11. The van der Waals surface area contributed by atoms with E-state index in [1.807, 2.05) is 45.0 Å². The lowest BCUT2D eigenvalue weighted by Gasteiger charge is -2.16. The number of anilines is 2. The molecule has 0 radical (unpaired) electrons. The number of nitrogens with zero attached hydrogens (tertiary/aromatic N) is 2. The van der Waals surface area contributed by atoms with Gasteiger partial charge in [0.2, 0.25) is 11.8 Å². The van der Waals surface area contributed by atoms with Crippen LogP contribution in [0.15, 0.2) is 39.3 Å². The van der Waals surface area contributed by atoms with Crippen LogP contribution >= 0.6 is 15.9 Å². The van der Waals surface area contributed by atoms with Crippen LogP contribution in [-0.2, 0) is 15.0 Å². The Labute approximate surface area is 154 Å². The number of carbonyl (C=O) groups is 2. The summed E-state index contributed by atoms with van der Waals surface area (Å²) in [5.74, 6) is -0.250. The van der Waals surface area contributed by atoms with Crippen molar-refractivity contribution in [2.24, 2.45) is 5.92 Å². The van der Waals surface area contributed by atoms with Gasteiger partial charge in [0.25, 0.3) is 0 Å². The van der Waals surface area contributed by atoms with Gasteiger partial charge in [0.05, 0.1) is 0 Å². The maximum Gasteiger partial charge on any atom is 0.239 e. The van der Waals surface area contributed by atoms with E-state index in [0.29, 0.717) is 24.5 Å². The summed E-state index contributed by atoms with van der Waals surface area (Å²) < 4.78 is 6.15. The zero-order valence-electron chi connectivity index (χ0n) is 14.4. The van der Waals surface area contributed by atoms with Crippen molar-refractivity contribution >= 4 is 39.2 Å². The van der Waals surface area contributed by atoms with E-state index in [9.17, 15) is 9.59 Å². The van der Waals surface area contributed by atoms with Crippen LogP contribution in [0, 0.1) is 5.92 Å². The summed E-state index contributed by atoms with van der Waals surface area (Å²) >= 11 is 3.40. The first-order valence-corrected chi connectivity index (χ1v) is 8.90. The number of hydrogen-bond donors (Lipinski definition) is 1. The van der Waals surface area contributed by atoms with Crippen LogP contribution < -0.4 is 10.2 Å². The standard InChI is InChI=1S/C18H20BrN3O3/c1-18(2,3)14-10-15(21-25-14)20-16(23)13-7-8-22(17(13)24)12-6-4-5-11(19)9-12/h4-6,9-10,13H,7-8H2,1-3H3,(H,20,21,23). The number of hydrogen-bond acceptors (Lipinski definition) is 4. The Kier molecular flexibility index (Phi) is 4.69. The van der Waals surface area contributed by atoms with Crippen LogP contribution in [0.25, 0.3) is 0 Å². The predicted octanol–water partition coefficient (Wildman–Crippen LogP) is 3.73. The highest BCUT2D eigenvalue weighted by Crippen LogP contribution is 2.29. The fourth-order valence-corrected chi connectivity index (χ4v) is 3.11. The van der Waals surface area contributed by atoms with Crippen molar-refractivity contribution in [2.45, 2.75) is 32.6 Å². The minimum absolute atomic E-state index is 0.198. The maximum atomic E-state index is 12.6. The molecule has 3 rings (SSSR count). The third-order valence-electron chi connectivity index (χ3n) is 4.14. The minimum Gasteiger partial charge on any atom is -0.359 e. The summed E-state index contributed by atoms with van der Waals surface area (Å²) in [5.41, 5.74) is 0.586. The molecule has 7 heteroatoms. The molecule has 1 aromatic carbocycles. The first kappa shape index (κ1) is 17.7. The van der Waals surface area contributed by atoms with Gasteiger partial charge in [-0.05, 0) is 24.6 Å². The summed E-state index contributed by atoms with van der Waals surface area (Å²) in [5, 5.41) is 6.56. The highest BCUT2D eigenvalue weighted by atomic mass is 79.9. The molecule has 0 saturated carbocycles. The van der Waals surface area contributed by atoms with Crippen LogP contribution in [0.2, 0.25) is 0 Å². The van der Waals surface area contributed by atoms with E-state index >= 15 is 0 Å². The molecule has 1 aliphatic rings. The summed E-state index contributed by atoms with van der Waals surface area (Å²) in [6.07, 6.45) is 0.473. The second-order valence-electron chi connectivity index (χ2n) is 7.13. The maximum absolute atomic E-state index is 12.6. The molecule has 0 bridgehead atoms. The first-order chi connectivity index (χ1) is 11.8. The fourth-order valence-electron chi connectivity index (χ4n) is 2.72. The second kappa shape index (κ2) is 6.63. The summed E-state index contributed by atoms with van der Waals surface area (Å²) in [6.45, 7) is 6.50. The summed E-state index contributed by atoms with van der Waals surface area (Å²) in [6, 6.07) is 9.18. The molecule has 2 heterocycles. The molecule has 1 fully saturated rings. The van der Waals surface area contributed by atoms with Gasteiger partial charge in [-0.1, -0.05) is 47.9 Å². The molecule has 25 heavy (non-hydrogen) atoms. The van der Waals surface area contributed by atoms with Gasteiger partial charge in [0, 0.05) is 28.2 Å². The van der Waals surface area contributed by atoms with Gasteiger partial charge in [0.1, 0.15) is 11.7 Å². The number of amides is 2. The Morgan fingerprint density at radius 2 is 2.12 bits per heavy atom. The molecular formula is C18H20BrN3O3. The van der Waals surface area contributed by atoms with Gasteiger partial charge in [-0.25, -0.2) is 0 Å². The third kappa shape index (κ3) is 3.76. The lowest BCUT2D eigenvalue weighted by molar-refractivity contribution is -0.129. The predicted molar refractivity (Wildman–Crippen MR) is 98.4 cm³/mol. The van der Waals surface area contributed by atoms with Crippen molar-refractivity contribution < 1.29 is 14.1 Å². The molecule has 1 saturated heterocycles. The van der Waals surface area contributed by atoms with Gasteiger partial charge >= 0.3 is 0 Å². The van der Waals surface area contributed by atoms with E-state index < -0.39 is 5.92 Å². The molecule has 6 nitrogen and oxygen atoms in total. The lowest BCUT2D eigenvalue weighted by atomic mass is 9.93. The van der Waals surface area contributed by atoms with Crippen LogP contribution in [0.1, 0.15) is 33.0 Å². The van der Waals surface area contributed by atoms with E-state index in [1.165, 1.54) is 0 Å². The van der Waals surface area contributed by atoms with Crippen LogP contribution in [0.3, 0.4) is 0 Å². The van der Waals surface area contributed by atoms with Crippen molar-refractivity contribution in [2.75, 3.05) is 16.8 Å². The highest BCUT2D eigenvalue weighted by Gasteiger charge is 2.38. The Hall–Kier alpha value is -2.15. The normalized spacial score (nSPS) is 17.8. The topological polar surface area (TPSA) is 75.4 Å². The molecule has 132 valence electrons. The Bertz CT molecular complexity index is 810. The van der Waals surface area contributed by atoms with Crippen molar-refractivity contribution in [3.05, 3.63) is 40.6 Å². The second-order valence-corrected chi connectivity index (χ2v) is 8.04. The van der Waals surface area contributed by atoms with E-state index in [4.69, 9.17) is 4.52 Å². The van der Waals surface area contributed by atoms with Crippen molar-refractivity contribution in [1.82, 2.24) is 5.16 Å². The van der Waals surface area contributed by atoms with Gasteiger partial charge in [-0.2, -0.15) is 0 Å². The van der Waals surface area contributed by atoms with E-state index in [1.54, 1.807) is 11.0 Å². The molecule has 1 atom stereocenters. The molecule has 2 aromatic rings. The number of aromatic nitrogens is 1. The van der Waals surface area contributed by atoms with Crippen molar-refractivity contribution in [1.29, 1.82) is 0 Å². The van der Waals surface area contributed by atoms with Crippen LogP contribution in [0.5, 0.6) is 0 Å². The molecule has 1 N–H and O–H groups in total. The molecule has 1 unspecified atom stereocenters. The molecular weight excluding hydrogens is 386 g/mol. The molecule has 0 spiro atoms. The summed E-state index contributed by atoms with van der Waals surface area (Å²) in [7, 11) is 0. The number of nitrogens with one attached hydrogen (secondary N) is 1. The van der Waals surface area contributed by atoms with E-state index in [0.717, 1.165) is 10.2 Å². The fraction of sp³-hybridized carbons (Fsp3) is 0.389. The number of benzene rings is 1. The number of carbonyl (C=O) groups excluding carboxylic acids is 2. The van der Waals surface area contributed by atoms with Gasteiger partial charge in [0.15, 0.2) is 5.82 Å². The monoisotopic (exact) mass is 405 g/mol. The average molecular weight is 406 g/mol. The summed E-state index contributed by atoms with van der Waals surface area (Å²) in [4.78, 5) is 26.7.